The highest BCUT2D eigenvalue weighted by Gasteiger charge is 2.38. The van der Waals surface area contributed by atoms with Crippen LogP contribution in [0.4, 0.5) is 5.82 Å². The van der Waals surface area contributed by atoms with Gasteiger partial charge in [-0.2, -0.15) is 4.98 Å². The molecule has 1 saturated carbocycles. The van der Waals surface area contributed by atoms with Crippen LogP contribution in [-0.4, -0.2) is 28.0 Å². The largest absolute Gasteiger partial charge is 0.445 e. The van der Waals surface area contributed by atoms with Crippen molar-refractivity contribution in [3.8, 4) is 12.3 Å². The van der Waals surface area contributed by atoms with Crippen molar-refractivity contribution in [2.75, 3.05) is 11.9 Å². The zero-order valence-corrected chi connectivity index (χ0v) is 12.0. The first-order chi connectivity index (χ1) is 10.0. The number of furan rings is 1. The van der Waals surface area contributed by atoms with E-state index in [4.69, 9.17) is 10.8 Å². The summed E-state index contributed by atoms with van der Waals surface area (Å²) < 4.78 is 5.40. The average molecular weight is 284 g/mol. The predicted molar refractivity (Wildman–Crippen MR) is 79.0 cm³/mol. The molecular formula is C15H16N4O2. The van der Waals surface area contributed by atoms with Gasteiger partial charge in [0.25, 0.3) is 5.91 Å². The number of hydrogen-bond acceptors (Lipinski definition) is 5. The van der Waals surface area contributed by atoms with Crippen LogP contribution in [0, 0.1) is 19.3 Å². The molecule has 6 heteroatoms. The molecule has 3 rings (SSSR count). The van der Waals surface area contributed by atoms with Crippen LogP contribution in [0.15, 0.2) is 10.7 Å². The van der Waals surface area contributed by atoms with Crippen LogP contribution < -0.4 is 10.6 Å². The van der Waals surface area contributed by atoms with E-state index in [0.29, 0.717) is 28.3 Å². The van der Waals surface area contributed by atoms with Gasteiger partial charge in [-0.25, -0.2) is 4.98 Å². The lowest BCUT2D eigenvalue weighted by atomic mass is 10.2. The Morgan fingerprint density at radius 3 is 2.95 bits per heavy atom. The summed E-state index contributed by atoms with van der Waals surface area (Å²) in [6.07, 6.45) is 8.71. The Balaban J connectivity index is 2.05. The molecule has 1 aliphatic carbocycles. The first-order valence-electron chi connectivity index (χ1n) is 6.78. The predicted octanol–water partition coefficient (Wildman–Crippen LogP) is 1.86. The van der Waals surface area contributed by atoms with E-state index in [0.717, 1.165) is 12.8 Å². The van der Waals surface area contributed by atoms with Gasteiger partial charge in [0, 0.05) is 5.54 Å². The third kappa shape index (κ3) is 2.55. The van der Waals surface area contributed by atoms with Gasteiger partial charge in [0.15, 0.2) is 0 Å². The molecule has 108 valence electrons. The first kappa shape index (κ1) is 13.4. The Kier molecular flexibility index (Phi) is 3.05. The zero-order chi connectivity index (χ0) is 15.0. The smallest absolute Gasteiger partial charge is 0.256 e. The lowest BCUT2D eigenvalue weighted by molar-refractivity contribution is 0.0959. The van der Waals surface area contributed by atoms with Crippen molar-refractivity contribution in [3.05, 3.63) is 17.7 Å². The molecule has 1 fully saturated rings. The van der Waals surface area contributed by atoms with Gasteiger partial charge in [-0.1, -0.05) is 5.92 Å². The molecule has 0 bridgehead atoms. The molecule has 1 aliphatic rings. The minimum atomic E-state index is -0.289. The summed E-state index contributed by atoms with van der Waals surface area (Å²) in [7, 11) is 0. The van der Waals surface area contributed by atoms with E-state index in [1.54, 1.807) is 6.92 Å². The highest BCUT2D eigenvalue weighted by Crippen LogP contribution is 2.39. The van der Waals surface area contributed by atoms with E-state index in [9.17, 15) is 4.79 Å². The van der Waals surface area contributed by atoms with Crippen molar-refractivity contribution in [3.63, 3.8) is 0 Å². The number of hydrogen-bond donors (Lipinski definition) is 2. The number of anilines is 1. The van der Waals surface area contributed by atoms with Crippen molar-refractivity contribution < 1.29 is 9.21 Å². The van der Waals surface area contributed by atoms with Crippen LogP contribution in [-0.2, 0) is 0 Å². The molecule has 0 spiro atoms. The van der Waals surface area contributed by atoms with Gasteiger partial charge in [-0.05, 0) is 26.7 Å². The fraction of sp³-hybridized carbons (Fsp3) is 0.400. The average Bonchev–Trinajstić information content (AvgIpc) is 3.00. The molecule has 0 atom stereocenters. The molecular weight excluding hydrogens is 268 g/mol. The molecule has 21 heavy (non-hydrogen) atoms. The minimum absolute atomic E-state index is 0.0392. The van der Waals surface area contributed by atoms with Gasteiger partial charge in [-0.15, -0.1) is 6.42 Å². The number of carbonyl (C=O) groups excluding carboxylic acids is 1. The summed E-state index contributed by atoms with van der Waals surface area (Å²) in [4.78, 5) is 20.8. The molecule has 2 aromatic heterocycles. The normalized spacial score (nSPS) is 15.5. The molecule has 0 unspecified atom stereocenters. The number of nitrogens with zero attached hydrogens (tertiary/aromatic N) is 2. The maximum atomic E-state index is 12.1. The molecule has 0 aliphatic heterocycles. The quantitative estimate of drug-likeness (QED) is 0.838. The molecule has 6 nitrogen and oxygen atoms in total. The van der Waals surface area contributed by atoms with Gasteiger partial charge < -0.3 is 15.1 Å². The van der Waals surface area contributed by atoms with Gasteiger partial charge >= 0.3 is 0 Å². The van der Waals surface area contributed by atoms with Crippen molar-refractivity contribution in [2.24, 2.45) is 0 Å². The summed E-state index contributed by atoms with van der Waals surface area (Å²) in [5, 5.41) is 6.61. The van der Waals surface area contributed by atoms with Crippen molar-refractivity contribution in [1.82, 2.24) is 15.3 Å². The van der Waals surface area contributed by atoms with Crippen molar-refractivity contribution in [1.29, 1.82) is 0 Å². The third-order valence-corrected chi connectivity index (χ3v) is 3.56. The van der Waals surface area contributed by atoms with E-state index in [2.05, 4.69) is 33.4 Å². The number of fused-ring (bicyclic) bond motifs is 1. The molecule has 0 radical (unpaired) electrons. The second-order valence-electron chi connectivity index (χ2n) is 5.52. The monoisotopic (exact) mass is 284 g/mol. The number of aromatic nitrogens is 2. The lowest BCUT2D eigenvalue weighted by Gasteiger charge is -2.13. The Morgan fingerprint density at radius 2 is 2.29 bits per heavy atom. The Labute approximate surface area is 122 Å². The first-order valence-corrected chi connectivity index (χ1v) is 6.78. The Morgan fingerprint density at radius 1 is 1.52 bits per heavy atom. The third-order valence-electron chi connectivity index (χ3n) is 3.56. The van der Waals surface area contributed by atoms with E-state index >= 15 is 0 Å². The van der Waals surface area contributed by atoms with Crippen LogP contribution in [0.25, 0.3) is 11.1 Å². The van der Waals surface area contributed by atoms with Gasteiger partial charge in [-0.3, -0.25) is 4.79 Å². The number of carbonyl (C=O) groups is 1. The zero-order valence-electron chi connectivity index (χ0n) is 12.0. The van der Waals surface area contributed by atoms with Crippen LogP contribution in [0.2, 0.25) is 0 Å². The second-order valence-corrected chi connectivity index (χ2v) is 5.52. The van der Waals surface area contributed by atoms with Gasteiger partial charge in [0.05, 0.1) is 17.5 Å². The lowest BCUT2D eigenvalue weighted by Crippen LogP contribution is -2.24. The SMILES string of the molecule is C#CCNC(=O)c1coc2nc(C)nc(NC3(C)CC3)c12. The maximum absolute atomic E-state index is 12.1. The number of terminal acetylenes is 1. The Hall–Kier alpha value is -2.55. The van der Waals surface area contributed by atoms with Crippen LogP contribution in [0.3, 0.4) is 0 Å². The van der Waals surface area contributed by atoms with E-state index in [-0.39, 0.29) is 18.0 Å². The summed E-state index contributed by atoms with van der Waals surface area (Å²) >= 11 is 0. The highest BCUT2D eigenvalue weighted by atomic mass is 16.3. The minimum Gasteiger partial charge on any atom is -0.445 e. The number of amides is 1. The summed E-state index contributed by atoms with van der Waals surface area (Å²) in [6, 6.07) is 0. The summed E-state index contributed by atoms with van der Waals surface area (Å²) in [5.74, 6) is 3.32. The van der Waals surface area contributed by atoms with Crippen molar-refractivity contribution in [2.45, 2.75) is 32.2 Å². The molecule has 2 heterocycles. The molecule has 0 saturated heterocycles. The van der Waals surface area contributed by atoms with Crippen LogP contribution in [0.5, 0.6) is 0 Å². The number of aryl methyl sites for hydroxylation is 1. The summed E-state index contributed by atoms with van der Waals surface area (Å²) in [6.45, 7) is 4.08. The van der Waals surface area contributed by atoms with E-state index in [1.165, 1.54) is 6.26 Å². The van der Waals surface area contributed by atoms with Gasteiger partial charge in [0.1, 0.15) is 17.9 Å². The highest BCUT2D eigenvalue weighted by molar-refractivity contribution is 6.09. The second kappa shape index (κ2) is 4.77. The maximum Gasteiger partial charge on any atom is 0.256 e. The number of nitrogens with one attached hydrogen (secondary N) is 2. The molecule has 1 amide bonds. The van der Waals surface area contributed by atoms with Crippen LogP contribution in [0.1, 0.15) is 35.9 Å². The molecule has 2 aromatic rings. The number of rotatable bonds is 4. The summed E-state index contributed by atoms with van der Waals surface area (Å²) in [5.41, 5.74) is 0.837. The van der Waals surface area contributed by atoms with Crippen LogP contribution >= 0.6 is 0 Å². The van der Waals surface area contributed by atoms with Crippen molar-refractivity contribution >= 4 is 22.8 Å². The fourth-order valence-electron chi connectivity index (χ4n) is 2.13. The van der Waals surface area contributed by atoms with E-state index < -0.39 is 0 Å². The molecule has 2 N–H and O–H groups in total. The Bertz CT molecular complexity index is 753. The van der Waals surface area contributed by atoms with Gasteiger partial charge in [0.2, 0.25) is 5.71 Å². The topological polar surface area (TPSA) is 80.1 Å². The van der Waals surface area contributed by atoms with E-state index in [1.807, 2.05) is 0 Å². The fourth-order valence-corrected chi connectivity index (χ4v) is 2.13. The standard InChI is InChI=1S/C15H16N4O2/c1-4-7-16-13(20)10-8-21-14-11(10)12(17-9(2)18-14)19-15(3)5-6-15/h1,8H,5-7H2,2-3H3,(H,16,20)(H,17,18,19). The molecule has 0 aromatic carbocycles.